The first kappa shape index (κ1) is 21.6. The Morgan fingerprint density at radius 1 is 1.03 bits per heavy atom. The van der Waals surface area contributed by atoms with Gasteiger partial charge in [0.2, 0.25) is 10.0 Å². The third-order valence-electron chi connectivity index (χ3n) is 5.43. The molecule has 0 spiro atoms. The first-order valence-corrected chi connectivity index (χ1v) is 12.0. The highest BCUT2D eigenvalue weighted by Gasteiger charge is 2.26. The van der Waals surface area contributed by atoms with Gasteiger partial charge in [0.05, 0.1) is 4.90 Å². The molecule has 0 fully saturated rings. The topological polar surface area (TPSA) is 66.5 Å². The van der Waals surface area contributed by atoms with E-state index in [0.29, 0.717) is 23.6 Å². The van der Waals surface area contributed by atoms with E-state index in [1.165, 1.54) is 0 Å². The van der Waals surface area contributed by atoms with Gasteiger partial charge in [0, 0.05) is 28.9 Å². The predicted octanol–water partition coefficient (Wildman–Crippen LogP) is 4.97. The SMILES string of the molecule is CC(NS(=O)(=O)c1ccc2c(c1)CCCN2C(=O)c1cccc(Cl)c1)c1ccccc1. The molecular weight excluding hydrogens is 432 g/mol. The highest BCUT2D eigenvalue weighted by Crippen LogP contribution is 2.31. The number of rotatable bonds is 5. The number of carbonyl (C=O) groups is 1. The van der Waals surface area contributed by atoms with Crippen molar-refractivity contribution in [3.05, 3.63) is 94.5 Å². The Morgan fingerprint density at radius 2 is 1.81 bits per heavy atom. The number of carbonyl (C=O) groups excluding carboxylic acids is 1. The molecule has 0 bridgehead atoms. The number of aryl methyl sites for hydroxylation is 1. The Labute approximate surface area is 187 Å². The van der Waals surface area contributed by atoms with Crippen LogP contribution in [0.25, 0.3) is 0 Å². The van der Waals surface area contributed by atoms with E-state index in [4.69, 9.17) is 11.6 Å². The number of sulfonamides is 1. The summed E-state index contributed by atoms with van der Waals surface area (Å²) in [5.41, 5.74) is 2.99. The Balaban J connectivity index is 1.60. The van der Waals surface area contributed by atoms with E-state index < -0.39 is 10.0 Å². The molecule has 0 radical (unpaired) electrons. The second kappa shape index (κ2) is 8.83. The molecule has 1 aliphatic heterocycles. The maximum Gasteiger partial charge on any atom is 0.258 e. The van der Waals surface area contributed by atoms with Gasteiger partial charge in [0.25, 0.3) is 5.91 Å². The number of anilines is 1. The number of nitrogens with one attached hydrogen (secondary N) is 1. The minimum Gasteiger partial charge on any atom is -0.308 e. The molecule has 1 N–H and O–H groups in total. The van der Waals surface area contributed by atoms with Crippen LogP contribution < -0.4 is 9.62 Å². The number of amides is 1. The van der Waals surface area contributed by atoms with Gasteiger partial charge in [0.15, 0.2) is 0 Å². The Morgan fingerprint density at radius 3 is 2.55 bits per heavy atom. The van der Waals surface area contributed by atoms with E-state index >= 15 is 0 Å². The summed E-state index contributed by atoms with van der Waals surface area (Å²) in [6.45, 7) is 2.39. The summed E-state index contributed by atoms with van der Waals surface area (Å²) in [4.78, 5) is 14.9. The van der Waals surface area contributed by atoms with E-state index in [-0.39, 0.29) is 16.8 Å². The maximum atomic E-state index is 13.0. The highest BCUT2D eigenvalue weighted by atomic mass is 35.5. The number of hydrogen-bond donors (Lipinski definition) is 1. The second-order valence-electron chi connectivity index (χ2n) is 7.61. The molecule has 1 aliphatic rings. The first-order chi connectivity index (χ1) is 14.8. The smallest absolute Gasteiger partial charge is 0.258 e. The average Bonchev–Trinajstić information content (AvgIpc) is 2.78. The molecule has 3 aromatic carbocycles. The standard InChI is InChI=1S/C24H23ClN2O3S/c1-17(18-7-3-2-4-8-18)26-31(29,30)22-12-13-23-19(16-22)10-6-14-27(23)24(28)20-9-5-11-21(25)15-20/h2-5,7-9,11-13,15-17,26H,6,10,14H2,1H3. The van der Waals surface area contributed by atoms with Gasteiger partial charge in [-0.3, -0.25) is 4.79 Å². The van der Waals surface area contributed by atoms with Crippen LogP contribution in [0, 0.1) is 0 Å². The molecule has 4 rings (SSSR count). The zero-order chi connectivity index (χ0) is 22.0. The van der Waals surface area contributed by atoms with Crippen LogP contribution in [-0.2, 0) is 16.4 Å². The largest absolute Gasteiger partial charge is 0.308 e. The lowest BCUT2D eigenvalue weighted by molar-refractivity contribution is 0.0985. The Bertz CT molecular complexity index is 1210. The fourth-order valence-electron chi connectivity index (χ4n) is 3.84. The zero-order valence-electron chi connectivity index (χ0n) is 17.1. The molecular formula is C24H23ClN2O3S. The van der Waals surface area contributed by atoms with Crippen molar-refractivity contribution < 1.29 is 13.2 Å². The van der Waals surface area contributed by atoms with Gasteiger partial charge in [-0.15, -0.1) is 0 Å². The molecule has 1 atom stereocenters. The molecule has 0 aromatic heterocycles. The summed E-state index contributed by atoms with van der Waals surface area (Å²) in [7, 11) is -3.71. The normalized spacial score (nSPS) is 14.7. The number of halogens is 1. The fourth-order valence-corrected chi connectivity index (χ4v) is 5.31. The highest BCUT2D eigenvalue weighted by molar-refractivity contribution is 7.89. The van der Waals surface area contributed by atoms with E-state index in [1.807, 2.05) is 37.3 Å². The van der Waals surface area contributed by atoms with Gasteiger partial charge in [-0.1, -0.05) is 48.0 Å². The summed E-state index contributed by atoms with van der Waals surface area (Å²) < 4.78 is 28.7. The van der Waals surface area contributed by atoms with Crippen molar-refractivity contribution in [2.45, 2.75) is 30.7 Å². The Kier molecular flexibility index (Phi) is 6.14. The third-order valence-corrected chi connectivity index (χ3v) is 7.20. The molecule has 7 heteroatoms. The zero-order valence-corrected chi connectivity index (χ0v) is 18.7. The van der Waals surface area contributed by atoms with E-state index in [0.717, 1.165) is 23.2 Å². The van der Waals surface area contributed by atoms with Crippen LogP contribution in [0.3, 0.4) is 0 Å². The van der Waals surface area contributed by atoms with Crippen LogP contribution in [-0.4, -0.2) is 20.9 Å². The van der Waals surface area contributed by atoms with Crippen molar-refractivity contribution >= 4 is 33.2 Å². The van der Waals surface area contributed by atoms with Crippen LogP contribution in [0.2, 0.25) is 5.02 Å². The average molecular weight is 455 g/mol. The van der Waals surface area contributed by atoms with Gasteiger partial charge < -0.3 is 4.90 Å². The van der Waals surface area contributed by atoms with Crippen molar-refractivity contribution in [1.29, 1.82) is 0 Å². The molecule has 0 saturated heterocycles. The molecule has 160 valence electrons. The fraction of sp³-hybridized carbons (Fsp3) is 0.208. The molecule has 0 aliphatic carbocycles. The molecule has 3 aromatic rings. The summed E-state index contributed by atoms with van der Waals surface area (Å²) >= 11 is 6.04. The van der Waals surface area contributed by atoms with E-state index in [1.54, 1.807) is 47.4 Å². The van der Waals surface area contributed by atoms with Crippen molar-refractivity contribution in [1.82, 2.24) is 4.72 Å². The third kappa shape index (κ3) is 4.66. The Hall–Kier alpha value is -2.67. The van der Waals surface area contributed by atoms with Crippen molar-refractivity contribution in [2.75, 3.05) is 11.4 Å². The number of benzene rings is 3. The predicted molar refractivity (Wildman–Crippen MR) is 123 cm³/mol. The number of nitrogens with zero attached hydrogens (tertiary/aromatic N) is 1. The van der Waals surface area contributed by atoms with Gasteiger partial charge in [-0.05, 0) is 67.3 Å². The van der Waals surface area contributed by atoms with Crippen molar-refractivity contribution in [2.24, 2.45) is 0 Å². The van der Waals surface area contributed by atoms with Crippen LogP contribution in [0.5, 0.6) is 0 Å². The van der Waals surface area contributed by atoms with Crippen molar-refractivity contribution in [3.63, 3.8) is 0 Å². The summed E-state index contributed by atoms with van der Waals surface area (Å²) in [6.07, 6.45) is 1.48. The van der Waals surface area contributed by atoms with Crippen LogP contribution >= 0.6 is 11.6 Å². The lowest BCUT2D eigenvalue weighted by Gasteiger charge is -2.30. The molecule has 5 nitrogen and oxygen atoms in total. The van der Waals surface area contributed by atoms with Gasteiger partial charge >= 0.3 is 0 Å². The van der Waals surface area contributed by atoms with Crippen LogP contribution in [0.15, 0.2) is 77.7 Å². The number of fused-ring (bicyclic) bond motifs is 1. The maximum absolute atomic E-state index is 13.0. The van der Waals surface area contributed by atoms with Gasteiger partial charge in [-0.25, -0.2) is 13.1 Å². The quantitative estimate of drug-likeness (QED) is 0.591. The molecule has 0 saturated carbocycles. The lowest BCUT2D eigenvalue weighted by atomic mass is 10.0. The van der Waals surface area contributed by atoms with Crippen LogP contribution in [0.4, 0.5) is 5.69 Å². The summed E-state index contributed by atoms with van der Waals surface area (Å²) in [5.74, 6) is -0.144. The number of hydrogen-bond acceptors (Lipinski definition) is 3. The molecule has 31 heavy (non-hydrogen) atoms. The van der Waals surface area contributed by atoms with E-state index in [9.17, 15) is 13.2 Å². The summed E-state index contributed by atoms with van der Waals surface area (Å²) in [5, 5.41) is 0.503. The molecule has 1 unspecified atom stereocenters. The first-order valence-electron chi connectivity index (χ1n) is 10.1. The molecule has 1 heterocycles. The molecule has 1 amide bonds. The lowest BCUT2D eigenvalue weighted by Crippen LogP contribution is -2.35. The monoisotopic (exact) mass is 454 g/mol. The van der Waals surface area contributed by atoms with Gasteiger partial charge in [0.1, 0.15) is 0 Å². The second-order valence-corrected chi connectivity index (χ2v) is 9.77. The van der Waals surface area contributed by atoms with Crippen molar-refractivity contribution in [3.8, 4) is 0 Å². The minimum atomic E-state index is -3.71. The van der Waals surface area contributed by atoms with Crippen LogP contribution in [0.1, 0.15) is 40.9 Å². The summed E-state index contributed by atoms with van der Waals surface area (Å²) in [6, 6.07) is 20.9. The van der Waals surface area contributed by atoms with Gasteiger partial charge in [-0.2, -0.15) is 0 Å². The van der Waals surface area contributed by atoms with E-state index in [2.05, 4.69) is 4.72 Å². The minimum absolute atomic E-state index is 0.144.